The minimum Gasteiger partial charge on any atom is -0.495 e. The number of likely N-dealkylation sites (tertiary alicyclic amines) is 1. The van der Waals surface area contributed by atoms with E-state index in [-0.39, 0.29) is 24.0 Å². The molecule has 3 N–H and O–H groups in total. The Hall–Kier alpha value is -0.730. The molecule has 0 amide bonds. The predicted molar refractivity (Wildman–Crippen MR) is 108 cm³/mol. The first kappa shape index (κ1) is 20.3. The Morgan fingerprint density at radius 1 is 1.43 bits per heavy atom. The summed E-state index contributed by atoms with van der Waals surface area (Å²) in [5.41, 5.74) is 6.71. The van der Waals surface area contributed by atoms with E-state index in [1.54, 1.807) is 19.2 Å². The normalized spacial score (nSPS) is 16.7. The first-order valence-corrected chi connectivity index (χ1v) is 8.09. The third kappa shape index (κ3) is 6.73. The monoisotopic (exact) mass is 452 g/mol. The highest BCUT2D eigenvalue weighted by molar-refractivity contribution is 14.0. The summed E-state index contributed by atoms with van der Waals surface area (Å²) < 4.78 is 5.12. The van der Waals surface area contributed by atoms with E-state index in [2.05, 4.69) is 22.1 Å². The summed E-state index contributed by atoms with van der Waals surface area (Å²) in [6.45, 7) is 6.31. The van der Waals surface area contributed by atoms with E-state index >= 15 is 0 Å². The van der Waals surface area contributed by atoms with Gasteiger partial charge in [0.25, 0.3) is 0 Å². The number of halogens is 2. The van der Waals surface area contributed by atoms with Crippen LogP contribution in [0.5, 0.6) is 5.75 Å². The second-order valence-electron chi connectivity index (χ2n) is 5.77. The van der Waals surface area contributed by atoms with Gasteiger partial charge < -0.3 is 20.7 Å². The first-order chi connectivity index (χ1) is 10.6. The molecule has 23 heavy (non-hydrogen) atoms. The summed E-state index contributed by atoms with van der Waals surface area (Å²) in [4.78, 5) is 6.82. The summed E-state index contributed by atoms with van der Waals surface area (Å²) in [7, 11) is 1.59. The lowest BCUT2D eigenvalue weighted by Crippen LogP contribution is -2.35. The largest absolute Gasteiger partial charge is 0.495 e. The van der Waals surface area contributed by atoms with Crippen molar-refractivity contribution in [2.45, 2.75) is 19.8 Å². The van der Waals surface area contributed by atoms with Gasteiger partial charge in [0.05, 0.1) is 18.7 Å². The Balaban J connectivity index is 0.00000264. The van der Waals surface area contributed by atoms with Crippen LogP contribution in [0.1, 0.15) is 19.8 Å². The van der Waals surface area contributed by atoms with Gasteiger partial charge >= 0.3 is 0 Å². The summed E-state index contributed by atoms with van der Waals surface area (Å²) in [5, 5.41) is 3.59. The van der Waals surface area contributed by atoms with Crippen LogP contribution < -0.4 is 15.8 Å². The number of anilines is 1. The zero-order valence-electron chi connectivity index (χ0n) is 13.7. The van der Waals surface area contributed by atoms with Crippen LogP contribution in [0.15, 0.2) is 23.2 Å². The van der Waals surface area contributed by atoms with Crippen molar-refractivity contribution in [3.8, 4) is 5.75 Å². The average Bonchev–Trinajstić information content (AvgIpc) is 2.49. The lowest BCUT2D eigenvalue weighted by molar-refractivity contribution is 0.197. The minimum absolute atomic E-state index is 0. The number of guanidine groups is 1. The van der Waals surface area contributed by atoms with Gasteiger partial charge in [0.15, 0.2) is 5.96 Å². The maximum Gasteiger partial charge on any atom is 0.193 e. The summed E-state index contributed by atoms with van der Waals surface area (Å²) in [5.74, 6) is 1.90. The highest BCUT2D eigenvalue weighted by Crippen LogP contribution is 2.27. The van der Waals surface area contributed by atoms with Crippen LogP contribution in [0.4, 0.5) is 5.69 Å². The molecule has 1 saturated heterocycles. The Bertz CT molecular complexity index is 519. The summed E-state index contributed by atoms with van der Waals surface area (Å²) >= 11 is 6.08. The van der Waals surface area contributed by atoms with Crippen LogP contribution in [0, 0.1) is 5.92 Å². The van der Waals surface area contributed by atoms with Crippen molar-refractivity contribution in [3.05, 3.63) is 23.2 Å². The fourth-order valence-electron chi connectivity index (χ4n) is 2.53. The quantitative estimate of drug-likeness (QED) is 0.408. The molecule has 1 aromatic carbocycles. The number of piperidine rings is 1. The van der Waals surface area contributed by atoms with Crippen molar-refractivity contribution >= 4 is 47.2 Å². The molecule has 7 heteroatoms. The highest BCUT2D eigenvalue weighted by Gasteiger charge is 2.14. The predicted octanol–water partition coefficient (Wildman–Crippen LogP) is 3.43. The van der Waals surface area contributed by atoms with E-state index in [1.165, 1.54) is 12.8 Å². The van der Waals surface area contributed by atoms with Gasteiger partial charge in [-0.1, -0.05) is 18.5 Å². The van der Waals surface area contributed by atoms with E-state index < -0.39 is 0 Å². The zero-order valence-corrected chi connectivity index (χ0v) is 16.8. The Kier molecular flexibility index (Phi) is 9.01. The molecule has 5 nitrogen and oxygen atoms in total. The number of nitrogens with two attached hydrogens (primary N) is 1. The summed E-state index contributed by atoms with van der Waals surface area (Å²) in [6, 6.07) is 5.43. The minimum atomic E-state index is 0. The molecule has 1 aliphatic heterocycles. The van der Waals surface area contributed by atoms with Crippen molar-refractivity contribution in [2.24, 2.45) is 16.6 Å². The van der Waals surface area contributed by atoms with Gasteiger partial charge in [-0.05, 0) is 50.0 Å². The van der Waals surface area contributed by atoms with Crippen molar-refractivity contribution in [1.82, 2.24) is 4.90 Å². The van der Waals surface area contributed by atoms with E-state index in [0.29, 0.717) is 23.3 Å². The Labute approximate surface area is 160 Å². The molecule has 130 valence electrons. The molecule has 1 fully saturated rings. The molecule has 0 aliphatic carbocycles. The van der Waals surface area contributed by atoms with Gasteiger partial charge in [-0.3, -0.25) is 4.99 Å². The molecular weight excluding hydrogens is 427 g/mol. The summed E-state index contributed by atoms with van der Waals surface area (Å²) in [6.07, 6.45) is 2.56. The van der Waals surface area contributed by atoms with Crippen LogP contribution >= 0.6 is 35.6 Å². The molecular formula is C16H26ClIN4O. The molecule has 0 unspecified atom stereocenters. The van der Waals surface area contributed by atoms with Crippen molar-refractivity contribution in [2.75, 3.05) is 38.6 Å². The molecule has 1 aliphatic rings. The Morgan fingerprint density at radius 2 is 2.13 bits per heavy atom. The third-order valence-electron chi connectivity index (χ3n) is 4.00. The third-order valence-corrected chi connectivity index (χ3v) is 4.29. The van der Waals surface area contributed by atoms with Crippen LogP contribution in [-0.2, 0) is 0 Å². The molecule has 1 heterocycles. The zero-order chi connectivity index (χ0) is 15.9. The van der Waals surface area contributed by atoms with E-state index in [4.69, 9.17) is 22.1 Å². The number of hydrogen-bond acceptors (Lipinski definition) is 3. The number of benzene rings is 1. The standard InChI is InChI=1S/C16H25ClN4O.HI/c1-12-5-8-21(9-6-12)10-7-19-16(18)20-13-3-4-15(22-2)14(17)11-13;/h3-4,11-12H,5-10H2,1-2H3,(H3,18,19,20);1H. The second kappa shape index (κ2) is 10.2. The van der Waals surface area contributed by atoms with E-state index in [9.17, 15) is 0 Å². The molecule has 0 saturated carbocycles. The van der Waals surface area contributed by atoms with Gasteiger partial charge in [0, 0.05) is 12.2 Å². The SMILES string of the molecule is COc1ccc(NC(N)=NCCN2CCC(C)CC2)cc1Cl.I. The first-order valence-electron chi connectivity index (χ1n) is 7.71. The van der Waals surface area contributed by atoms with Gasteiger partial charge in [-0.25, -0.2) is 0 Å². The fraction of sp³-hybridized carbons (Fsp3) is 0.562. The number of hydrogen-bond donors (Lipinski definition) is 2. The van der Waals surface area contributed by atoms with Gasteiger partial charge in [-0.2, -0.15) is 0 Å². The number of nitrogens with zero attached hydrogens (tertiary/aromatic N) is 2. The lowest BCUT2D eigenvalue weighted by atomic mass is 9.99. The highest BCUT2D eigenvalue weighted by atomic mass is 127. The Morgan fingerprint density at radius 3 is 2.74 bits per heavy atom. The molecule has 0 spiro atoms. The maximum atomic E-state index is 6.08. The molecule has 2 rings (SSSR count). The van der Waals surface area contributed by atoms with Crippen LogP contribution in [-0.4, -0.2) is 44.1 Å². The second-order valence-corrected chi connectivity index (χ2v) is 6.17. The fourth-order valence-corrected chi connectivity index (χ4v) is 2.79. The van der Waals surface area contributed by atoms with Gasteiger partial charge in [0.2, 0.25) is 0 Å². The van der Waals surface area contributed by atoms with Gasteiger partial charge in [0.1, 0.15) is 5.75 Å². The average molecular weight is 453 g/mol. The smallest absolute Gasteiger partial charge is 0.193 e. The van der Waals surface area contributed by atoms with E-state index in [0.717, 1.165) is 31.2 Å². The van der Waals surface area contributed by atoms with Crippen LogP contribution in [0.2, 0.25) is 5.02 Å². The molecule has 0 aromatic heterocycles. The molecule has 0 atom stereocenters. The van der Waals surface area contributed by atoms with Crippen LogP contribution in [0.3, 0.4) is 0 Å². The van der Waals surface area contributed by atoms with Gasteiger partial charge in [-0.15, -0.1) is 24.0 Å². The number of nitrogens with one attached hydrogen (secondary N) is 1. The number of rotatable bonds is 5. The van der Waals surface area contributed by atoms with Crippen molar-refractivity contribution in [1.29, 1.82) is 0 Å². The van der Waals surface area contributed by atoms with E-state index in [1.807, 2.05) is 6.07 Å². The number of aliphatic imine (C=N–C) groups is 1. The lowest BCUT2D eigenvalue weighted by Gasteiger charge is -2.29. The topological polar surface area (TPSA) is 62.9 Å². The molecule has 0 bridgehead atoms. The molecule has 1 aromatic rings. The number of methoxy groups -OCH3 is 1. The maximum absolute atomic E-state index is 6.08. The number of ether oxygens (including phenoxy) is 1. The van der Waals surface area contributed by atoms with Crippen LogP contribution in [0.25, 0.3) is 0 Å². The van der Waals surface area contributed by atoms with Crippen molar-refractivity contribution in [3.63, 3.8) is 0 Å². The van der Waals surface area contributed by atoms with Crippen molar-refractivity contribution < 1.29 is 4.74 Å². The molecule has 0 radical (unpaired) electrons.